The molecule has 0 saturated carbocycles. The number of nitrogens with one attached hydrogen (secondary N) is 1. The Morgan fingerprint density at radius 2 is 2.30 bits per heavy atom. The largest absolute Gasteiger partial charge is 0.380 e. The summed E-state index contributed by atoms with van der Waals surface area (Å²) in [4.78, 5) is 0. The van der Waals surface area contributed by atoms with Gasteiger partial charge in [-0.05, 0) is 12.8 Å². The van der Waals surface area contributed by atoms with Gasteiger partial charge in [0.2, 0.25) is 0 Å². The Hall–Kier alpha value is -0.0800. The Morgan fingerprint density at radius 1 is 1.50 bits per heavy atom. The lowest BCUT2D eigenvalue weighted by molar-refractivity contribution is 0.0678. The van der Waals surface area contributed by atoms with E-state index in [2.05, 4.69) is 19.2 Å². The third-order valence-electron chi connectivity index (χ3n) is 1.73. The fourth-order valence-corrected chi connectivity index (χ4v) is 1.34. The molecule has 0 radical (unpaired) electrons. The van der Waals surface area contributed by atoms with E-state index in [1.54, 1.807) is 0 Å². The SMILES string of the molecule is CC(C)N[C@@H]1CCCOC1. The van der Waals surface area contributed by atoms with Gasteiger partial charge in [-0.2, -0.15) is 0 Å². The normalized spacial score (nSPS) is 27.3. The van der Waals surface area contributed by atoms with Gasteiger partial charge < -0.3 is 10.1 Å². The molecule has 0 aliphatic carbocycles. The van der Waals surface area contributed by atoms with Crippen LogP contribution in [0.15, 0.2) is 0 Å². The van der Waals surface area contributed by atoms with Crippen LogP contribution in [0.1, 0.15) is 26.7 Å². The Labute approximate surface area is 63.0 Å². The maximum absolute atomic E-state index is 5.32. The molecule has 1 heterocycles. The van der Waals surface area contributed by atoms with Crippen LogP contribution in [0.4, 0.5) is 0 Å². The Morgan fingerprint density at radius 3 is 2.80 bits per heavy atom. The van der Waals surface area contributed by atoms with Crippen LogP contribution in [-0.4, -0.2) is 25.3 Å². The highest BCUT2D eigenvalue weighted by atomic mass is 16.5. The molecule has 1 aliphatic rings. The summed E-state index contributed by atoms with van der Waals surface area (Å²) in [6.07, 6.45) is 2.49. The molecule has 2 heteroatoms. The summed E-state index contributed by atoms with van der Waals surface area (Å²) in [5.74, 6) is 0. The lowest BCUT2D eigenvalue weighted by atomic mass is 10.1. The summed E-state index contributed by atoms with van der Waals surface area (Å²) < 4.78 is 5.32. The van der Waals surface area contributed by atoms with Crippen LogP contribution in [0.5, 0.6) is 0 Å². The standard InChI is InChI=1S/C8H17NO/c1-7(2)9-8-4-3-5-10-6-8/h7-9H,3-6H2,1-2H3/t8-/m1/s1. The molecule has 0 aromatic carbocycles. The van der Waals surface area contributed by atoms with E-state index in [1.165, 1.54) is 12.8 Å². The molecule has 0 aromatic heterocycles. The van der Waals surface area contributed by atoms with Gasteiger partial charge in [-0.25, -0.2) is 0 Å². The second-order valence-electron chi connectivity index (χ2n) is 3.24. The van der Waals surface area contributed by atoms with Crippen LogP contribution in [0.3, 0.4) is 0 Å². The van der Waals surface area contributed by atoms with Crippen molar-refractivity contribution in [3.05, 3.63) is 0 Å². The third kappa shape index (κ3) is 2.67. The molecule has 0 aromatic rings. The summed E-state index contributed by atoms with van der Waals surface area (Å²) in [6.45, 7) is 6.21. The predicted octanol–water partition coefficient (Wildman–Crippen LogP) is 1.16. The predicted molar refractivity (Wildman–Crippen MR) is 42.1 cm³/mol. The Balaban J connectivity index is 2.13. The molecule has 1 saturated heterocycles. The molecule has 1 aliphatic heterocycles. The van der Waals surface area contributed by atoms with E-state index in [0.29, 0.717) is 12.1 Å². The lowest BCUT2D eigenvalue weighted by Crippen LogP contribution is -2.40. The second kappa shape index (κ2) is 3.94. The molecule has 10 heavy (non-hydrogen) atoms. The van der Waals surface area contributed by atoms with Crippen molar-refractivity contribution in [1.29, 1.82) is 0 Å². The van der Waals surface area contributed by atoms with Crippen LogP contribution >= 0.6 is 0 Å². The van der Waals surface area contributed by atoms with Gasteiger partial charge in [-0.3, -0.25) is 0 Å². The number of rotatable bonds is 2. The average Bonchev–Trinajstić information content (AvgIpc) is 1.88. The monoisotopic (exact) mass is 143 g/mol. The zero-order valence-corrected chi connectivity index (χ0v) is 6.89. The summed E-state index contributed by atoms with van der Waals surface area (Å²) in [5, 5.41) is 3.46. The van der Waals surface area contributed by atoms with E-state index in [9.17, 15) is 0 Å². The molecule has 1 fully saturated rings. The van der Waals surface area contributed by atoms with Gasteiger partial charge in [0.1, 0.15) is 0 Å². The second-order valence-corrected chi connectivity index (χ2v) is 3.24. The summed E-state index contributed by atoms with van der Waals surface area (Å²) >= 11 is 0. The minimum absolute atomic E-state index is 0.590. The van der Waals surface area contributed by atoms with Crippen molar-refractivity contribution < 1.29 is 4.74 Å². The van der Waals surface area contributed by atoms with Crippen LogP contribution < -0.4 is 5.32 Å². The van der Waals surface area contributed by atoms with Gasteiger partial charge in [0.05, 0.1) is 6.61 Å². The van der Waals surface area contributed by atoms with Crippen molar-refractivity contribution >= 4 is 0 Å². The highest BCUT2D eigenvalue weighted by Crippen LogP contribution is 2.05. The maximum atomic E-state index is 5.32. The van der Waals surface area contributed by atoms with E-state index in [1.807, 2.05) is 0 Å². The summed E-state index contributed by atoms with van der Waals surface area (Å²) in [5.41, 5.74) is 0. The molecule has 1 rings (SSSR count). The molecule has 0 spiro atoms. The first kappa shape index (κ1) is 8.02. The fourth-order valence-electron chi connectivity index (χ4n) is 1.34. The van der Waals surface area contributed by atoms with Gasteiger partial charge in [0, 0.05) is 18.7 Å². The minimum atomic E-state index is 0.590. The Kier molecular flexibility index (Phi) is 3.16. The zero-order valence-electron chi connectivity index (χ0n) is 6.89. The van der Waals surface area contributed by atoms with E-state index >= 15 is 0 Å². The first-order chi connectivity index (χ1) is 4.79. The van der Waals surface area contributed by atoms with Gasteiger partial charge >= 0.3 is 0 Å². The molecule has 1 atom stereocenters. The van der Waals surface area contributed by atoms with Crippen molar-refractivity contribution in [2.75, 3.05) is 13.2 Å². The van der Waals surface area contributed by atoms with Crippen molar-refractivity contribution in [3.8, 4) is 0 Å². The topological polar surface area (TPSA) is 21.3 Å². The summed E-state index contributed by atoms with van der Waals surface area (Å²) in [7, 11) is 0. The van der Waals surface area contributed by atoms with Crippen LogP contribution in [0.2, 0.25) is 0 Å². The fraction of sp³-hybridized carbons (Fsp3) is 1.00. The Bertz CT molecular complexity index is 87.3. The van der Waals surface area contributed by atoms with Gasteiger partial charge in [-0.1, -0.05) is 13.8 Å². The molecule has 2 nitrogen and oxygen atoms in total. The highest BCUT2D eigenvalue weighted by Gasteiger charge is 2.13. The quantitative estimate of drug-likeness (QED) is 0.626. The van der Waals surface area contributed by atoms with Crippen molar-refractivity contribution in [2.45, 2.75) is 38.8 Å². The maximum Gasteiger partial charge on any atom is 0.0619 e. The molecule has 0 unspecified atom stereocenters. The molecular weight excluding hydrogens is 126 g/mol. The van der Waals surface area contributed by atoms with Crippen LogP contribution in [-0.2, 0) is 4.74 Å². The zero-order chi connectivity index (χ0) is 7.40. The van der Waals surface area contributed by atoms with E-state index < -0.39 is 0 Å². The van der Waals surface area contributed by atoms with Gasteiger partial charge in [0.25, 0.3) is 0 Å². The first-order valence-electron chi connectivity index (χ1n) is 4.13. The van der Waals surface area contributed by atoms with E-state index in [-0.39, 0.29) is 0 Å². The molecule has 0 bridgehead atoms. The van der Waals surface area contributed by atoms with Crippen molar-refractivity contribution in [3.63, 3.8) is 0 Å². The van der Waals surface area contributed by atoms with Crippen LogP contribution in [0.25, 0.3) is 0 Å². The molecule has 0 amide bonds. The lowest BCUT2D eigenvalue weighted by Gasteiger charge is -2.24. The molecule has 60 valence electrons. The van der Waals surface area contributed by atoms with Crippen LogP contribution in [0, 0.1) is 0 Å². The van der Waals surface area contributed by atoms with Crippen molar-refractivity contribution in [1.82, 2.24) is 5.32 Å². The third-order valence-corrected chi connectivity index (χ3v) is 1.73. The molecule has 1 N–H and O–H groups in total. The smallest absolute Gasteiger partial charge is 0.0619 e. The van der Waals surface area contributed by atoms with E-state index in [0.717, 1.165) is 13.2 Å². The number of ether oxygens (including phenoxy) is 1. The van der Waals surface area contributed by atoms with E-state index in [4.69, 9.17) is 4.74 Å². The van der Waals surface area contributed by atoms with Crippen molar-refractivity contribution in [2.24, 2.45) is 0 Å². The first-order valence-corrected chi connectivity index (χ1v) is 4.13. The summed E-state index contributed by atoms with van der Waals surface area (Å²) in [6, 6.07) is 1.19. The average molecular weight is 143 g/mol. The molecular formula is C8H17NO. The minimum Gasteiger partial charge on any atom is -0.380 e. The number of hydrogen-bond donors (Lipinski definition) is 1. The van der Waals surface area contributed by atoms with Gasteiger partial charge in [0.15, 0.2) is 0 Å². The number of hydrogen-bond acceptors (Lipinski definition) is 2. The van der Waals surface area contributed by atoms with Gasteiger partial charge in [-0.15, -0.1) is 0 Å². The highest BCUT2D eigenvalue weighted by molar-refractivity contribution is 4.71.